The number of hydrogen-bond acceptors (Lipinski definition) is 9. The summed E-state index contributed by atoms with van der Waals surface area (Å²) in [6, 6.07) is 30.0. The van der Waals surface area contributed by atoms with Crippen molar-refractivity contribution in [2.45, 2.75) is 142 Å². The number of aromatic nitrogens is 3. The van der Waals surface area contributed by atoms with Crippen LogP contribution in [0.25, 0.3) is 5.65 Å². The van der Waals surface area contributed by atoms with Gasteiger partial charge in [-0.2, -0.15) is 5.10 Å². The predicted octanol–water partition coefficient (Wildman–Crippen LogP) is 12.8. The topological polar surface area (TPSA) is 137 Å². The summed E-state index contributed by atoms with van der Waals surface area (Å²) in [6.07, 6.45) is 10.3. The first kappa shape index (κ1) is 59.2. The monoisotopic (exact) mass is 1140 g/mol. The summed E-state index contributed by atoms with van der Waals surface area (Å²) in [6.45, 7) is 24.1. The number of hydrogen-bond donors (Lipinski definition) is 1. The van der Waals surface area contributed by atoms with Crippen molar-refractivity contribution in [3.05, 3.63) is 158 Å². The van der Waals surface area contributed by atoms with Gasteiger partial charge in [-0.15, -0.1) is 0 Å². The number of aryl methyl sites for hydroxylation is 1. The van der Waals surface area contributed by atoms with Crippen LogP contribution in [-0.2, 0) is 27.7 Å². The molecule has 0 saturated carbocycles. The highest BCUT2D eigenvalue weighted by Crippen LogP contribution is 2.54. The molecular weight excluding hydrogens is 1060 g/mol. The average Bonchev–Trinajstić information content (AvgIpc) is 3.87. The van der Waals surface area contributed by atoms with E-state index in [-0.39, 0.29) is 35.3 Å². The molecule has 4 aromatic carbocycles. The van der Waals surface area contributed by atoms with Gasteiger partial charge in [-0.3, -0.25) is 24.4 Å². The van der Waals surface area contributed by atoms with Crippen LogP contribution in [0.2, 0.25) is 10.0 Å². The molecule has 3 aliphatic heterocycles. The number of halogens is 2. The number of amidine groups is 1. The summed E-state index contributed by atoms with van der Waals surface area (Å²) in [4.78, 5) is 61.5. The second kappa shape index (κ2) is 25.3. The van der Waals surface area contributed by atoms with Gasteiger partial charge in [-0.05, 0) is 143 Å². The second-order valence-electron chi connectivity index (χ2n) is 23.7. The average molecular weight is 1140 g/mol. The van der Waals surface area contributed by atoms with Crippen molar-refractivity contribution in [2.75, 3.05) is 59.0 Å². The molecule has 2 bridgehead atoms. The van der Waals surface area contributed by atoms with Crippen molar-refractivity contribution in [3.63, 3.8) is 0 Å². The van der Waals surface area contributed by atoms with Gasteiger partial charge in [0.2, 0.25) is 5.91 Å². The quantitative estimate of drug-likeness (QED) is 0.0892. The van der Waals surface area contributed by atoms with E-state index in [1.54, 1.807) is 15.6 Å². The van der Waals surface area contributed by atoms with Crippen LogP contribution in [0, 0.1) is 6.92 Å². The molecule has 6 aromatic rings. The number of carbonyl (C=O) groups excluding carboxylic acids is 3. The van der Waals surface area contributed by atoms with E-state index in [2.05, 4.69) is 94.1 Å². The van der Waals surface area contributed by atoms with E-state index in [0.29, 0.717) is 85.0 Å². The Morgan fingerprint density at radius 2 is 1.49 bits per heavy atom. The number of rotatable bonds is 17. The van der Waals surface area contributed by atoms with Gasteiger partial charge in [0.05, 0.1) is 24.9 Å². The summed E-state index contributed by atoms with van der Waals surface area (Å²) >= 11 is 13.0. The van der Waals surface area contributed by atoms with Gasteiger partial charge < -0.3 is 24.6 Å². The fourth-order valence-electron chi connectivity index (χ4n) is 11.8. The Morgan fingerprint density at radius 1 is 0.815 bits per heavy atom. The Balaban J connectivity index is 0.765. The van der Waals surface area contributed by atoms with E-state index < -0.39 is 11.1 Å². The summed E-state index contributed by atoms with van der Waals surface area (Å²) in [5.74, 6) is 1.99. The summed E-state index contributed by atoms with van der Waals surface area (Å²) in [5.41, 5.74) is 5.75. The number of piperazine rings is 1. The molecule has 430 valence electrons. The van der Waals surface area contributed by atoms with Crippen LogP contribution < -0.4 is 14.8 Å². The number of ether oxygens (including phenoxy) is 2. The molecule has 4 amide bonds. The minimum absolute atomic E-state index is 0.0146. The SMILES string of the molecule is CCOc1cc(C(C)(C)C)ccc1C1=N[C@](C)(c2ccc(Cl)cc2)[C@](C)(c2ccc(Cl)cc2)N1C(=O)N1CCN(CCCCCCCCC(=O)NCCN2C[C@H](C)Oc3ccc(C)cc3[C@@H](C)Cc3ccn4ncc(c4n3)C2=O)CC1. The van der Waals surface area contributed by atoms with Crippen molar-refractivity contribution in [3.8, 4) is 11.5 Å². The highest BCUT2D eigenvalue weighted by Gasteiger charge is 2.60. The molecular formula is C65H81Cl2N9O5. The third-order valence-electron chi connectivity index (χ3n) is 16.8. The lowest BCUT2D eigenvalue weighted by molar-refractivity contribution is -0.121. The molecule has 0 radical (unpaired) electrons. The molecule has 5 heterocycles. The highest BCUT2D eigenvalue weighted by molar-refractivity contribution is 6.30. The van der Waals surface area contributed by atoms with Crippen LogP contribution in [0.1, 0.15) is 156 Å². The first-order valence-corrected chi connectivity index (χ1v) is 29.9. The lowest BCUT2D eigenvalue weighted by atomic mass is 9.71. The molecule has 1 N–H and O–H groups in total. The number of unbranched alkanes of at least 4 members (excludes halogenated alkanes) is 5. The number of aliphatic imine (C=N–C) groups is 1. The number of nitrogens with one attached hydrogen (secondary N) is 1. The van der Waals surface area contributed by atoms with Crippen LogP contribution in [0.3, 0.4) is 0 Å². The molecule has 1 saturated heterocycles. The van der Waals surface area contributed by atoms with Crippen LogP contribution in [0.15, 0.2) is 108 Å². The molecule has 14 nitrogen and oxygen atoms in total. The maximum atomic E-state index is 15.6. The fourth-order valence-corrected chi connectivity index (χ4v) is 12.1. The Bertz CT molecular complexity index is 3220. The number of carbonyl (C=O) groups is 3. The van der Waals surface area contributed by atoms with Crippen molar-refractivity contribution < 1.29 is 23.9 Å². The Morgan fingerprint density at radius 3 is 2.19 bits per heavy atom. The lowest BCUT2D eigenvalue weighted by Gasteiger charge is -2.47. The summed E-state index contributed by atoms with van der Waals surface area (Å²) in [7, 11) is 0. The molecule has 16 heteroatoms. The number of nitrogens with zero attached hydrogens (tertiary/aromatic N) is 8. The molecule has 0 spiro atoms. The molecule has 3 aliphatic rings. The first-order chi connectivity index (χ1) is 38.8. The molecule has 81 heavy (non-hydrogen) atoms. The third-order valence-corrected chi connectivity index (χ3v) is 17.3. The summed E-state index contributed by atoms with van der Waals surface area (Å²) < 4.78 is 14.6. The minimum atomic E-state index is -0.998. The molecule has 4 atom stereocenters. The molecule has 0 aliphatic carbocycles. The van der Waals surface area contributed by atoms with Crippen LogP contribution >= 0.6 is 23.2 Å². The van der Waals surface area contributed by atoms with E-state index in [1.165, 1.54) is 0 Å². The highest BCUT2D eigenvalue weighted by atomic mass is 35.5. The van der Waals surface area contributed by atoms with E-state index in [4.69, 9.17) is 42.7 Å². The van der Waals surface area contributed by atoms with Crippen LogP contribution in [0.5, 0.6) is 11.5 Å². The third kappa shape index (κ3) is 13.1. The van der Waals surface area contributed by atoms with Gasteiger partial charge in [0.15, 0.2) is 5.65 Å². The van der Waals surface area contributed by atoms with Crippen molar-refractivity contribution in [1.82, 2.24) is 39.5 Å². The van der Waals surface area contributed by atoms with Crippen molar-refractivity contribution >= 4 is 52.5 Å². The zero-order valence-electron chi connectivity index (χ0n) is 48.9. The smallest absolute Gasteiger partial charge is 0.326 e. The zero-order valence-corrected chi connectivity index (χ0v) is 50.4. The lowest BCUT2D eigenvalue weighted by Crippen LogP contribution is -2.60. The maximum Gasteiger partial charge on any atom is 0.326 e. The van der Waals surface area contributed by atoms with Gasteiger partial charge in [-0.1, -0.05) is 125 Å². The Kier molecular flexibility index (Phi) is 18.5. The minimum Gasteiger partial charge on any atom is -0.493 e. The molecule has 0 unspecified atom stereocenters. The largest absolute Gasteiger partial charge is 0.493 e. The van der Waals surface area contributed by atoms with Crippen LogP contribution in [-0.4, -0.2) is 123 Å². The van der Waals surface area contributed by atoms with Gasteiger partial charge in [0, 0.05) is 67.6 Å². The van der Waals surface area contributed by atoms with Gasteiger partial charge in [0.25, 0.3) is 5.91 Å². The van der Waals surface area contributed by atoms with E-state index in [1.807, 2.05) is 90.5 Å². The van der Waals surface area contributed by atoms with Crippen molar-refractivity contribution in [1.29, 1.82) is 0 Å². The number of amides is 4. The number of urea groups is 1. The van der Waals surface area contributed by atoms with Gasteiger partial charge in [0.1, 0.15) is 40.1 Å². The first-order valence-electron chi connectivity index (χ1n) is 29.1. The fraction of sp³-hybridized carbons (Fsp3) is 0.477. The molecule has 9 rings (SSSR count). The van der Waals surface area contributed by atoms with Crippen LogP contribution in [0.4, 0.5) is 4.79 Å². The number of fused-ring (bicyclic) bond motifs is 2. The predicted molar refractivity (Wildman–Crippen MR) is 323 cm³/mol. The molecule has 1 fully saturated rings. The zero-order chi connectivity index (χ0) is 57.6. The normalized spacial score (nSPS) is 20.8. The van der Waals surface area contributed by atoms with Crippen molar-refractivity contribution in [2.24, 2.45) is 4.99 Å². The van der Waals surface area contributed by atoms with E-state index in [0.717, 1.165) is 103 Å². The van der Waals surface area contributed by atoms with Gasteiger partial charge >= 0.3 is 6.03 Å². The van der Waals surface area contributed by atoms with E-state index >= 15 is 4.79 Å². The maximum absolute atomic E-state index is 15.6. The Hall–Kier alpha value is -6.48. The van der Waals surface area contributed by atoms with E-state index in [9.17, 15) is 9.59 Å². The van der Waals surface area contributed by atoms with Gasteiger partial charge in [-0.25, -0.2) is 14.3 Å². The second-order valence-corrected chi connectivity index (χ2v) is 24.6. The number of benzene rings is 4. The molecule has 2 aromatic heterocycles. The standard InChI is InChI=1S/C65H81Cl2N9O5/c1-10-80-57-41-49(63(5,6)7)23-28-53(57)60-71-64(8,47-19-24-50(66)25-20-47)65(9,48-21-26-51(67)27-22-48)76(60)62(79)73-37-35-72(36-38-73)32-16-14-12-11-13-15-17-58(77)68-31-34-74-43-46(4)81-56-29-18-44(2)39-54(56)45(3)40-52-30-33-75-59(70-52)55(42-69-75)61(74)78/h18-30,33,39,41-42,45-46H,10-17,31-32,34-38,40,43H2,1-9H3,(H,68,77)/t45-,46-,64+,65-/m0/s1. The Labute approximate surface area is 489 Å². The summed E-state index contributed by atoms with van der Waals surface area (Å²) in [5, 5.41) is 8.75.